The normalized spacial score (nSPS) is 24.8. The molecule has 1 N–H and O–H groups in total. The molecule has 1 saturated carbocycles. The van der Waals surface area contributed by atoms with Crippen molar-refractivity contribution < 1.29 is 22.7 Å². The SMILES string of the molecule is O=C(NCCc1ccccc1)[C@H]1[C@H]2CC[C@@H](C2)N1S(=O)(=O)c1ccc2c(c1)OCCO2. The first kappa shape index (κ1) is 20.3. The molecule has 2 bridgehead atoms. The maximum absolute atomic E-state index is 13.6. The first-order valence-corrected chi connectivity index (χ1v) is 12.2. The number of nitrogens with zero attached hydrogens (tertiary/aromatic N) is 1. The molecule has 3 atom stereocenters. The molecule has 0 spiro atoms. The Hall–Kier alpha value is -2.58. The van der Waals surface area contributed by atoms with Crippen molar-refractivity contribution in [1.82, 2.24) is 9.62 Å². The summed E-state index contributed by atoms with van der Waals surface area (Å²) >= 11 is 0. The maximum Gasteiger partial charge on any atom is 0.244 e. The van der Waals surface area contributed by atoms with Gasteiger partial charge in [-0.05, 0) is 49.3 Å². The van der Waals surface area contributed by atoms with Crippen LogP contribution in [0.25, 0.3) is 0 Å². The number of rotatable bonds is 6. The molecule has 3 aliphatic rings. The van der Waals surface area contributed by atoms with Crippen molar-refractivity contribution in [3.05, 3.63) is 54.1 Å². The van der Waals surface area contributed by atoms with E-state index < -0.39 is 16.1 Å². The van der Waals surface area contributed by atoms with E-state index in [4.69, 9.17) is 9.47 Å². The lowest BCUT2D eigenvalue weighted by atomic mass is 9.99. The van der Waals surface area contributed by atoms with Gasteiger partial charge in [0.2, 0.25) is 15.9 Å². The molecule has 1 aliphatic carbocycles. The quantitative estimate of drug-likeness (QED) is 0.742. The lowest BCUT2D eigenvalue weighted by Crippen LogP contribution is -2.52. The van der Waals surface area contributed by atoms with E-state index in [1.807, 2.05) is 30.3 Å². The third kappa shape index (κ3) is 3.78. The zero-order chi connectivity index (χ0) is 21.4. The molecule has 2 aromatic rings. The van der Waals surface area contributed by atoms with Crippen LogP contribution in [0.15, 0.2) is 53.4 Å². The Morgan fingerprint density at radius 2 is 1.81 bits per heavy atom. The fraction of sp³-hybridized carbons (Fsp3) is 0.435. The standard InChI is InChI=1S/C23H26N2O5S/c26-23(24-11-10-16-4-2-1-3-5-16)22-17-6-7-18(14-17)25(22)31(27,28)19-8-9-20-21(15-19)30-13-12-29-20/h1-5,8-9,15,17-18,22H,6-7,10-14H2,(H,24,26)/t17-,18-,22+/m0/s1. The highest BCUT2D eigenvalue weighted by Gasteiger charge is 2.54. The van der Waals surface area contributed by atoms with Crippen molar-refractivity contribution in [2.45, 2.75) is 42.7 Å². The van der Waals surface area contributed by atoms with Gasteiger partial charge in [0.1, 0.15) is 19.3 Å². The molecule has 2 heterocycles. The maximum atomic E-state index is 13.6. The number of hydrogen-bond donors (Lipinski definition) is 1. The van der Waals surface area contributed by atoms with Crippen LogP contribution in [-0.2, 0) is 21.2 Å². The molecule has 5 rings (SSSR count). The van der Waals surface area contributed by atoms with Crippen LogP contribution in [0.4, 0.5) is 0 Å². The van der Waals surface area contributed by atoms with Crippen LogP contribution < -0.4 is 14.8 Å². The van der Waals surface area contributed by atoms with Gasteiger partial charge in [0.05, 0.1) is 4.90 Å². The zero-order valence-electron chi connectivity index (χ0n) is 17.2. The summed E-state index contributed by atoms with van der Waals surface area (Å²) in [5, 5.41) is 2.97. The zero-order valence-corrected chi connectivity index (χ0v) is 18.0. The number of piperidine rings is 1. The summed E-state index contributed by atoms with van der Waals surface area (Å²) in [6.07, 6.45) is 3.12. The fourth-order valence-corrected chi connectivity index (χ4v) is 6.90. The van der Waals surface area contributed by atoms with Crippen LogP contribution in [-0.4, -0.2) is 50.5 Å². The third-order valence-corrected chi connectivity index (χ3v) is 8.37. The predicted octanol–water partition coefficient (Wildman–Crippen LogP) is 2.36. The molecule has 31 heavy (non-hydrogen) atoms. The number of benzene rings is 2. The summed E-state index contributed by atoms with van der Waals surface area (Å²) in [6, 6.07) is 13.8. The van der Waals surface area contributed by atoms with E-state index in [0.29, 0.717) is 37.7 Å². The number of hydrogen-bond acceptors (Lipinski definition) is 5. The number of ether oxygens (including phenoxy) is 2. The molecule has 8 heteroatoms. The van der Waals surface area contributed by atoms with Gasteiger partial charge in [-0.3, -0.25) is 4.79 Å². The van der Waals surface area contributed by atoms with Crippen LogP contribution in [0.3, 0.4) is 0 Å². The lowest BCUT2D eigenvalue weighted by Gasteiger charge is -2.33. The molecule has 1 saturated heterocycles. The van der Waals surface area contributed by atoms with Gasteiger partial charge in [-0.1, -0.05) is 30.3 Å². The molecule has 164 valence electrons. The van der Waals surface area contributed by atoms with Crippen LogP contribution in [0.2, 0.25) is 0 Å². The van der Waals surface area contributed by atoms with Crippen molar-refractivity contribution >= 4 is 15.9 Å². The molecular formula is C23H26N2O5S. The highest BCUT2D eigenvalue weighted by molar-refractivity contribution is 7.89. The molecule has 7 nitrogen and oxygen atoms in total. The Labute approximate surface area is 182 Å². The molecular weight excluding hydrogens is 416 g/mol. The molecule has 0 radical (unpaired) electrons. The Morgan fingerprint density at radius 1 is 1.03 bits per heavy atom. The van der Waals surface area contributed by atoms with E-state index in [9.17, 15) is 13.2 Å². The molecule has 2 aromatic carbocycles. The van der Waals surface area contributed by atoms with E-state index in [-0.39, 0.29) is 22.8 Å². The topological polar surface area (TPSA) is 84.9 Å². The van der Waals surface area contributed by atoms with Gasteiger partial charge in [0, 0.05) is 18.7 Å². The summed E-state index contributed by atoms with van der Waals surface area (Å²) in [5.74, 6) is 0.835. The second-order valence-corrected chi connectivity index (χ2v) is 10.2. The molecule has 2 fully saturated rings. The summed E-state index contributed by atoms with van der Waals surface area (Å²) in [5.41, 5.74) is 1.14. The van der Waals surface area contributed by atoms with Crippen molar-refractivity contribution in [3.63, 3.8) is 0 Å². The predicted molar refractivity (Wildman–Crippen MR) is 115 cm³/mol. The minimum absolute atomic E-state index is 0.0636. The van der Waals surface area contributed by atoms with Crippen LogP contribution >= 0.6 is 0 Å². The number of amides is 1. The van der Waals surface area contributed by atoms with E-state index >= 15 is 0 Å². The summed E-state index contributed by atoms with van der Waals surface area (Å²) in [4.78, 5) is 13.2. The number of fused-ring (bicyclic) bond motifs is 3. The summed E-state index contributed by atoms with van der Waals surface area (Å²) in [6.45, 7) is 1.31. The van der Waals surface area contributed by atoms with Gasteiger partial charge in [-0.25, -0.2) is 8.42 Å². The second-order valence-electron chi connectivity index (χ2n) is 8.34. The molecule has 1 amide bonds. The van der Waals surface area contributed by atoms with Crippen molar-refractivity contribution in [2.24, 2.45) is 5.92 Å². The largest absolute Gasteiger partial charge is 0.486 e. The van der Waals surface area contributed by atoms with Gasteiger partial charge in [0.15, 0.2) is 11.5 Å². The first-order chi connectivity index (χ1) is 15.0. The average molecular weight is 443 g/mol. The highest BCUT2D eigenvalue weighted by atomic mass is 32.2. The van der Waals surface area contributed by atoms with Crippen LogP contribution in [0.5, 0.6) is 11.5 Å². The van der Waals surface area contributed by atoms with Crippen LogP contribution in [0.1, 0.15) is 24.8 Å². The van der Waals surface area contributed by atoms with Crippen molar-refractivity contribution in [3.8, 4) is 11.5 Å². The lowest BCUT2D eigenvalue weighted by molar-refractivity contribution is -0.126. The van der Waals surface area contributed by atoms with Crippen molar-refractivity contribution in [2.75, 3.05) is 19.8 Å². The van der Waals surface area contributed by atoms with Gasteiger partial charge in [0.25, 0.3) is 0 Å². The van der Waals surface area contributed by atoms with E-state index in [2.05, 4.69) is 5.32 Å². The number of carbonyl (C=O) groups is 1. The smallest absolute Gasteiger partial charge is 0.244 e. The highest BCUT2D eigenvalue weighted by Crippen LogP contribution is 2.46. The van der Waals surface area contributed by atoms with Gasteiger partial charge in [-0.15, -0.1) is 0 Å². The van der Waals surface area contributed by atoms with E-state index in [1.165, 1.54) is 10.4 Å². The monoisotopic (exact) mass is 442 g/mol. The number of nitrogens with one attached hydrogen (secondary N) is 1. The Morgan fingerprint density at radius 3 is 2.61 bits per heavy atom. The van der Waals surface area contributed by atoms with Crippen molar-refractivity contribution in [1.29, 1.82) is 0 Å². The fourth-order valence-electron chi connectivity index (χ4n) is 5.00. The summed E-state index contributed by atoms with van der Waals surface area (Å²) < 4.78 is 39.7. The van der Waals surface area contributed by atoms with Crippen LogP contribution in [0, 0.1) is 5.92 Å². The Bertz CT molecular complexity index is 1070. The Balaban J connectivity index is 1.35. The summed E-state index contributed by atoms with van der Waals surface area (Å²) in [7, 11) is -3.84. The van der Waals surface area contributed by atoms with Gasteiger partial charge < -0.3 is 14.8 Å². The van der Waals surface area contributed by atoms with E-state index in [1.54, 1.807) is 12.1 Å². The third-order valence-electron chi connectivity index (χ3n) is 6.44. The average Bonchev–Trinajstić information content (AvgIpc) is 3.41. The first-order valence-electron chi connectivity index (χ1n) is 10.8. The van der Waals surface area contributed by atoms with E-state index in [0.717, 1.165) is 24.8 Å². The molecule has 2 aliphatic heterocycles. The second kappa shape index (κ2) is 8.16. The minimum Gasteiger partial charge on any atom is -0.486 e. The molecule has 0 unspecified atom stereocenters. The Kier molecular flexibility index (Phi) is 5.35. The number of sulfonamides is 1. The minimum atomic E-state index is -3.84. The van der Waals surface area contributed by atoms with Gasteiger partial charge in [-0.2, -0.15) is 4.31 Å². The number of carbonyl (C=O) groups excluding carboxylic acids is 1. The molecule has 0 aromatic heterocycles. The van der Waals surface area contributed by atoms with Gasteiger partial charge >= 0.3 is 0 Å².